The van der Waals surface area contributed by atoms with Crippen LogP contribution in [0.1, 0.15) is 40.5 Å². The van der Waals surface area contributed by atoms with E-state index in [-0.39, 0.29) is 18.5 Å². The zero-order valence-corrected chi connectivity index (χ0v) is 16.3. The molecule has 3 rings (SSSR count). The Labute approximate surface area is 168 Å². The molecule has 0 atom stereocenters. The van der Waals surface area contributed by atoms with E-state index < -0.39 is 5.97 Å². The summed E-state index contributed by atoms with van der Waals surface area (Å²) in [5.74, 6) is -0.642. The lowest BCUT2D eigenvalue weighted by Gasteiger charge is -2.28. The van der Waals surface area contributed by atoms with E-state index in [1.54, 1.807) is 60.4 Å². The summed E-state index contributed by atoms with van der Waals surface area (Å²) in [4.78, 5) is 40.3. The van der Waals surface area contributed by atoms with Crippen molar-refractivity contribution in [2.24, 2.45) is 0 Å². The lowest BCUT2D eigenvalue weighted by molar-refractivity contribution is -0.127. The Hall–Kier alpha value is -2.86. The molecule has 0 unspecified atom stereocenters. The molecule has 2 aromatic rings. The van der Waals surface area contributed by atoms with Crippen LogP contribution in [0.3, 0.4) is 0 Å². The van der Waals surface area contributed by atoms with Crippen molar-refractivity contribution in [2.75, 3.05) is 24.7 Å². The minimum atomic E-state index is -0.417. The topological polar surface area (TPSA) is 66.9 Å². The molecule has 146 valence electrons. The first-order valence-corrected chi connectivity index (χ1v) is 9.50. The summed E-state index contributed by atoms with van der Waals surface area (Å²) >= 11 is 5.92. The van der Waals surface area contributed by atoms with E-state index in [0.717, 1.165) is 6.42 Å². The van der Waals surface area contributed by atoms with Crippen molar-refractivity contribution in [1.29, 1.82) is 0 Å². The Kier molecular flexibility index (Phi) is 6.31. The van der Waals surface area contributed by atoms with Gasteiger partial charge in [-0.15, -0.1) is 0 Å². The number of halogens is 1. The van der Waals surface area contributed by atoms with Gasteiger partial charge in [-0.1, -0.05) is 11.6 Å². The Morgan fingerprint density at radius 2 is 1.71 bits per heavy atom. The second-order valence-corrected chi connectivity index (χ2v) is 6.85. The van der Waals surface area contributed by atoms with Gasteiger partial charge in [0.2, 0.25) is 5.91 Å². The smallest absolute Gasteiger partial charge is 0.338 e. The number of ether oxygens (including phenoxy) is 1. The Bertz CT molecular complexity index is 865. The molecule has 1 aliphatic heterocycles. The van der Waals surface area contributed by atoms with E-state index in [1.165, 1.54) is 4.90 Å². The molecule has 0 N–H and O–H groups in total. The number of amides is 2. The molecule has 0 spiro atoms. The van der Waals surface area contributed by atoms with E-state index in [0.29, 0.717) is 41.4 Å². The normalized spacial score (nSPS) is 13.5. The van der Waals surface area contributed by atoms with Crippen LogP contribution in [-0.4, -0.2) is 42.5 Å². The average molecular weight is 401 g/mol. The second-order valence-electron chi connectivity index (χ2n) is 6.41. The van der Waals surface area contributed by atoms with Crippen LogP contribution in [0.5, 0.6) is 0 Å². The monoisotopic (exact) mass is 400 g/mol. The van der Waals surface area contributed by atoms with Crippen LogP contribution in [0.15, 0.2) is 48.5 Å². The molecular formula is C21H21ClN2O4. The van der Waals surface area contributed by atoms with E-state index in [1.807, 2.05) is 0 Å². The quantitative estimate of drug-likeness (QED) is 0.693. The van der Waals surface area contributed by atoms with Gasteiger partial charge in [0, 0.05) is 29.2 Å². The molecule has 0 bridgehead atoms. The third-order valence-corrected chi connectivity index (χ3v) is 4.76. The first-order chi connectivity index (χ1) is 13.5. The number of carbonyl (C=O) groups excluding carboxylic acids is 3. The molecule has 2 aromatic carbocycles. The fraction of sp³-hybridized carbons (Fsp3) is 0.286. The predicted octanol–water partition coefficient (Wildman–Crippen LogP) is 3.74. The van der Waals surface area contributed by atoms with Gasteiger partial charge in [0.1, 0.15) is 6.67 Å². The van der Waals surface area contributed by atoms with Crippen molar-refractivity contribution in [3.05, 3.63) is 64.7 Å². The number of hydrogen-bond donors (Lipinski definition) is 0. The summed E-state index contributed by atoms with van der Waals surface area (Å²) in [7, 11) is 0. The third kappa shape index (κ3) is 4.51. The molecule has 1 saturated heterocycles. The first kappa shape index (κ1) is 19.9. The third-order valence-electron chi connectivity index (χ3n) is 4.51. The number of benzene rings is 2. The number of esters is 1. The SMILES string of the molecule is CCOC(=O)c1ccc(N(CN2CCCC2=O)C(=O)c2ccc(Cl)cc2)cc1. The van der Waals surface area contributed by atoms with Gasteiger partial charge in [-0.05, 0) is 61.9 Å². The van der Waals surface area contributed by atoms with Crippen molar-refractivity contribution in [3.8, 4) is 0 Å². The molecule has 0 aliphatic carbocycles. The van der Waals surface area contributed by atoms with Gasteiger partial charge >= 0.3 is 5.97 Å². The Morgan fingerprint density at radius 3 is 2.29 bits per heavy atom. The highest BCUT2D eigenvalue weighted by atomic mass is 35.5. The van der Waals surface area contributed by atoms with Gasteiger partial charge in [-0.2, -0.15) is 0 Å². The highest BCUT2D eigenvalue weighted by molar-refractivity contribution is 6.30. The van der Waals surface area contributed by atoms with E-state index in [2.05, 4.69) is 0 Å². The van der Waals surface area contributed by atoms with Gasteiger partial charge in [-0.25, -0.2) is 4.79 Å². The molecule has 7 heteroatoms. The molecule has 2 amide bonds. The zero-order chi connectivity index (χ0) is 20.1. The zero-order valence-electron chi connectivity index (χ0n) is 15.6. The van der Waals surface area contributed by atoms with Crippen molar-refractivity contribution in [3.63, 3.8) is 0 Å². The van der Waals surface area contributed by atoms with Crippen LogP contribution in [0, 0.1) is 0 Å². The number of hydrogen-bond acceptors (Lipinski definition) is 4. The number of carbonyl (C=O) groups is 3. The van der Waals surface area contributed by atoms with Crippen molar-refractivity contribution in [1.82, 2.24) is 4.90 Å². The van der Waals surface area contributed by atoms with Gasteiger partial charge in [0.25, 0.3) is 5.91 Å². The van der Waals surface area contributed by atoms with Crippen LogP contribution >= 0.6 is 11.6 Å². The van der Waals surface area contributed by atoms with Crippen molar-refractivity contribution >= 4 is 35.1 Å². The number of likely N-dealkylation sites (tertiary alicyclic amines) is 1. The Morgan fingerprint density at radius 1 is 1.07 bits per heavy atom. The summed E-state index contributed by atoms with van der Waals surface area (Å²) in [6.07, 6.45) is 1.27. The van der Waals surface area contributed by atoms with Gasteiger partial charge < -0.3 is 9.64 Å². The minimum Gasteiger partial charge on any atom is -0.462 e. The fourth-order valence-corrected chi connectivity index (χ4v) is 3.15. The van der Waals surface area contributed by atoms with Crippen molar-refractivity contribution < 1.29 is 19.1 Å². The molecular weight excluding hydrogens is 380 g/mol. The fourth-order valence-electron chi connectivity index (χ4n) is 3.03. The van der Waals surface area contributed by atoms with E-state index >= 15 is 0 Å². The number of anilines is 1. The van der Waals surface area contributed by atoms with Crippen LogP contribution in [0.25, 0.3) is 0 Å². The summed E-state index contributed by atoms with van der Waals surface area (Å²) < 4.78 is 4.99. The maximum Gasteiger partial charge on any atom is 0.338 e. The van der Waals surface area contributed by atoms with Crippen LogP contribution in [0.2, 0.25) is 5.02 Å². The van der Waals surface area contributed by atoms with Crippen LogP contribution < -0.4 is 4.90 Å². The molecule has 1 fully saturated rings. The predicted molar refractivity (Wildman–Crippen MR) is 106 cm³/mol. The lowest BCUT2D eigenvalue weighted by Crippen LogP contribution is -2.42. The van der Waals surface area contributed by atoms with Gasteiger partial charge in [-0.3, -0.25) is 14.5 Å². The molecule has 28 heavy (non-hydrogen) atoms. The maximum absolute atomic E-state index is 13.1. The largest absolute Gasteiger partial charge is 0.462 e. The highest BCUT2D eigenvalue weighted by Gasteiger charge is 2.26. The molecule has 1 aliphatic rings. The number of nitrogens with zero attached hydrogens (tertiary/aromatic N) is 2. The molecule has 0 radical (unpaired) electrons. The van der Waals surface area contributed by atoms with Gasteiger partial charge in [0.05, 0.1) is 12.2 Å². The minimum absolute atomic E-state index is 0.0250. The highest BCUT2D eigenvalue weighted by Crippen LogP contribution is 2.22. The standard InChI is InChI=1S/C21H21ClN2O4/c1-2-28-21(27)16-7-11-18(12-8-16)24(14-23-13-3-4-19(23)25)20(26)15-5-9-17(22)10-6-15/h5-12H,2-4,13-14H2,1H3. The van der Waals surface area contributed by atoms with Crippen molar-refractivity contribution in [2.45, 2.75) is 19.8 Å². The second kappa shape index (κ2) is 8.89. The molecule has 1 heterocycles. The number of rotatable bonds is 6. The molecule has 0 saturated carbocycles. The maximum atomic E-state index is 13.1. The van der Waals surface area contributed by atoms with Gasteiger partial charge in [0.15, 0.2) is 0 Å². The summed E-state index contributed by atoms with van der Waals surface area (Å²) in [5, 5.41) is 0.539. The summed E-state index contributed by atoms with van der Waals surface area (Å²) in [6.45, 7) is 2.80. The summed E-state index contributed by atoms with van der Waals surface area (Å²) in [6, 6.07) is 13.2. The molecule has 0 aromatic heterocycles. The average Bonchev–Trinajstić information content (AvgIpc) is 3.11. The molecule has 6 nitrogen and oxygen atoms in total. The first-order valence-electron chi connectivity index (χ1n) is 9.12. The van der Waals surface area contributed by atoms with E-state index in [9.17, 15) is 14.4 Å². The van der Waals surface area contributed by atoms with Crippen LogP contribution in [0.4, 0.5) is 5.69 Å². The van der Waals surface area contributed by atoms with E-state index in [4.69, 9.17) is 16.3 Å². The lowest BCUT2D eigenvalue weighted by atomic mass is 10.1. The summed E-state index contributed by atoms with van der Waals surface area (Å²) in [5.41, 5.74) is 1.46. The van der Waals surface area contributed by atoms with Crippen LogP contribution in [-0.2, 0) is 9.53 Å². The Balaban J connectivity index is 1.89.